The average molecular weight is 391 g/mol. The molecule has 1 saturated heterocycles. The van der Waals surface area contributed by atoms with Gasteiger partial charge in [-0.05, 0) is 61.9 Å². The number of hydrogen-bond donors (Lipinski definition) is 1. The van der Waals surface area contributed by atoms with E-state index in [2.05, 4.69) is 41.4 Å². The van der Waals surface area contributed by atoms with Crippen molar-refractivity contribution in [3.63, 3.8) is 0 Å². The Hall–Kier alpha value is -2.82. The zero-order valence-electron chi connectivity index (χ0n) is 17.2. The Morgan fingerprint density at radius 1 is 1.00 bits per heavy atom. The molecule has 2 aliphatic heterocycles. The molecule has 0 saturated carbocycles. The lowest BCUT2D eigenvalue weighted by Gasteiger charge is -2.26. The number of para-hydroxylation sites is 1. The summed E-state index contributed by atoms with van der Waals surface area (Å²) >= 11 is 0. The van der Waals surface area contributed by atoms with E-state index >= 15 is 0 Å². The van der Waals surface area contributed by atoms with E-state index in [4.69, 9.17) is 4.99 Å². The van der Waals surface area contributed by atoms with Crippen LogP contribution in [0, 0.1) is 0 Å². The predicted molar refractivity (Wildman–Crippen MR) is 119 cm³/mol. The first-order chi connectivity index (χ1) is 14.3. The van der Waals surface area contributed by atoms with Crippen molar-refractivity contribution in [1.82, 2.24) is 10.2 Å². The summed E-state index contributed by atoms with van der Waals surface area (Å²) in [4.78, 5) is 21.7. The van der Waals surface area contributed by atoms with Crippen molar-refractivity contribution in [3.05, 3.63) is 65.2 Å². The number of nitrogens with one attached hydrogen (secondary N) is 1. The number of hydrogen-bond acceptors (Lipinski definition) is 2. The molecule has 0 unspecified atom stereocenters. The summed E-state index contributed by atoms with van der Waals surface area (Å²) in [6.45, 7) is 6.25. The second kappa shape index (κ2) is 9.12. The number of piperidine rings is 1. The number of nitrogens with zero attached hydrogens (tertiary/aromatic N) is 3. The van der Waals surface area contributed by atoms with Crippen molar-refractivity contribution in [1.29, 1.82) is 0 Å². The highest BCUT2D eigenvalue weighted by Crippen LogP contribution is 2.27. The highest BCUT2D eigenvalue weighted by molar-refractivity contribution is 5.98. The summed E-state index contributed by atoms with van der Waals surface area (Å²) in [5.74, 6) is 1.08. The van der Waals surface area contributed by atoms with Crippen molar-refractivity contribution < 1.29 is 4.79 Å². The average Bonchev–Trinajstić information content (AvgIpc) is 3.21. The van der Waals surface area contributed by atoms with Crippen LogP contribution < -0.4 is 10.2 Å². The second-order valence-corrected chi connectivity index (χ2v) is 7.75. The van der Waals surface area contributed by atoms with Gasteiger partial charge >= 0.3 is 0 Å². The van der Waals surface area contributed by atoms with Crippen molar-refractivity contribution >= 4 is 17.6 Å². The normalized spacial score (nSPS) is 16.7. The minimum Gasteiger partial charge on any atom is -0.356 e. The van der Waals surface area contributed by atoms with Crippen LogP contribution in [0.5, 0.6) is 0 Å². The Kier molecular flexibility index (Phi) is 6.13. The van der Waals surface area contributed by atoms with Crippen molar-refractivity contribution in [3.8, 4) is 0 Å². The molecular weight excluding hydrogens is 360 g/mol. The van der Waals surface area contributed by atoms with Gasteiger partial charge in [-0.1, -0.05) is 30.3 Å². The zero-order valence-corrected chi connectivity index (χ0v) is 17.2. The molecule has 2 aromatic carbocycles. The third-order valence-corrected chi connectivity index (χ3v) is 5.73. The maximum absolute atomic E-state index is 12.6. The molecule has 0 spiro atoms. The SMILES string of the molecule is CCNC(=NCc1ccc(C(=O)N2CCCCC2)cc1)N1CCc2ccccc21. The second-order valence-electron chi connectivity index (χ2n) is 7.75. The van der Waals surface area contributed by atoms with E-state index in [1.807, 2.05) is 29.2 Å². The Labute approximate surface area is 173 Å². The fourth-order valence-corrected chi connectivity index (χ4v) is 4.15. The molecule has 29 heavy (non-hydrogen) atoms. The van der Waals surface area contributed by atoms with E-state index in [0.717, 1.165) is 62.5 Å². The number of aliphatic imine (C=N–C) groups is 1. The lowest BCUT2D eigenvalue weighted by Crippen LogP contribution is -2.40. The maximum atomic E-state index is 12.6. The molecule has 0 radical (unpaired) electrons. The van der Waals surface area contributed by atoms with E-state index in [1.165, 1.54) is 17.7 Å². The number of guanidine groups is 1. The van der Waals surface area contributed by atoms with Gasteiger partial charge in [-0.25, -0.2) is 4.99 Å². The van der Waals surface area contributed by atoms with Gasteiger partial charge in [0.05, 0.1) is 6.54 Å². The first-order valence-corrected chi connectivity index (χ1v) is 10.8. The van der Waals surface area contributed by atoms with E-state index in [0.29, 0.717) is 6.54 Å². The smallest absolute Gasteiger partial charge is 0.253 e. The fourth-order valence-electron chi connectivity index (χ4n) is 4.15. The lowest BCUT2D eigenvalue weighted by molar-refractivity contribution is 0.0724. The van der Waals surface area contributed by atoms with Crippen LogP contribution in [0.4, 0.5) is 5.69 Å². The molecular formula is C24H30N4O. The number of amides is 1. The molecule has 5 nitrogen and oxygen atoms in total. The molecule has 0 bridgehead atoms. The largest absolute Gasteiger partial charge is 0.356 e. The summed E-state index contributed by atoms with van der Waals surface area (Å²) in [6, 6.07) is 16.5. The quantitative estimate of drug-likeness (QED) is 0.637. The van der Waals surface area contributed by atoms with Gasteiger partial charge in [0.15, 0.2) is 5.96 Å². The fraction of sp³-hybridized carbons (Fsp3) is 0.417. The molecule has 2 heterocycles. The van der Waals surface area contributed by atoms with Gasteiger partial charge < -0.3 is 15.1 Å². The van der Waals surface area contributed by atoms with Crippen LogP contribution in [0.2, 0.25) is 0 Å². The van der Waals surface area contributed by atoms with E-state index in [-0.39, 0.29) is 5.91 Å². The maximum Gasteiger partial charge on any atom is 0.253 e. The Morgan fingerprint density at radius 2 is 1.76 bits per heavy atom. The molecule has 5 heteroatoms. The van der Waals surface area contributed by atoms with Gasteiger partial charge in [-0.3, -0.25) is 4.79 Å². The number of benzene rings is 2. The first kappa shape index (κ1) is 19.5. The van der Waals surface area contributed by atoms with Crippen molar-refractivity contribution in [2.24, 2.45) is 4.99 Å². The minimum absolute atomic E-state index is 0.154. The van der Waals surface area contributed by atoms with Crippen molar-refractivity contribution in [2.45, 2.75) is 39.2 Å². The number of likely N-dealkylation sites (tertiary alicyclic amines) is 1. The molecule has 4 rings (SSSR count). The van der Waals surface area contributed by atoms with Gasteiger partial charge in [0.25, 0.3) is 5.91 Å². The van der Waals surface area contributed by atoms with Crippen LogP contribution in [0.3, 0.4) is 0 Å². The monoisotopic (exact) mass is 390 g/mol. The highest BCUT2D eigenvalue weighted by Gasteiger charge is 2.22. The van der Waals surface area contributed by atoms with Crippen LogP contribution in [0.15, 0.2) is 53.5 Å². The van der Waals surface area contributed by atoms with E-state index in [9.17, 15) is 4.79 Å². The molecule has 0 aromatic heterocycles. The topological polar surface area (TPSA) is 47.9 Å². The van der Waals surface area contributed by atoms with E-state index in [1.54, 1.807) is 0 Å². The van der Waals surface area contributed by atoms with Gasteiger partial charge in [0, 0.05) is 37.4 Å². The molecule has 0 aliphatic carbocycles. The minimum atomic E-state index is 0.154. The summed E-state index contributed by atoms with van der Waals surface area (Å²) in [7, 11) is 0. The Morgan fingerprint density at radius 3 is 2.52 bits per heavy atom. The number of carbonyl (C=O) groups is 1. The Bertz CT molecular complexity index is 869. The predicted octanol–water partition coefficient (Wildman–Crippen LogP) is 3.84. The van der Waals surface area contributed by atoms with Gasteiger partial charge in [-0.2, -0.15) is 0 Å². The number of rotatable bonds is 4. The molecule has 2 aliphatic rings. The number of fused-ring (bicyclic) bond motifs is 1. The first-order valence-electron chi connectivity index (χ1n) is 10.8. The highest BCUT2D eigenvalue weighted by atomic mass is 16.2. The molecule has 1 N–H and O–H groups in total. The molecule has 1 amide bonds. The van der Waals surface area contributed by atoms with Crippen LogP contribution in [0.25, 0.3) is 0 Å². The zero-order chi connectivity index (χ0) is 20.1. The van der Waals surface area contributed by atoms with E-state index < -0.39 is 0 Å². The molecule has 2 aromatic rings. The summed E-state index contributed by atoms with van der Waals surface area (Å²) in [5, 5.41) is 3.42. The summed E-state index contributed by atoms with van der Waals surface area (Å²) in [5.41, 5.74) is 4.51. The number of anilines is 1. The molecule has 1 fully saturated rings. The van der Waals surface area contributed by atoms with Gasteiger partial charge in [-0.15, -0.1) is 0 Å². The standard InChI is InChI=1S/C24H30N4O/c1-2-25-24(28-17-14-20-8-4-5-9-22(20)28)26-18-19-10-12-21(13-11-19)23(29)27-15-6-3-7-16-27/h4-5,8-13H,2-3,6-7,14-18H2,1H3,(H,25,26). The lowest BCUT2D eigenvalue weighted by atomic mass is 10.1. The van der Waals surface area contributed by atoms with Crippen LogP contribution >= 0.6 is 0 Å². The third kappa shape index (κ3) is 4.44. The molecule has 152 valence electrons. The molecule has 0 atom stereocenters. The van der Waals surface area contributed by atoms with Gasteiger partial charge in [0.2, 0.25) is 0 Å². The van der Waals surface area contributed by atoms with Crippen LogP contribution in [-0.2, 0) is 13.0 Å². The van der Waals surface area contributed by atoms with Crippen LogP contribution in [-0.4, -0.2) is 42.9 Å². The van der Waals surface area contributed by atoms with Gasteiger partial charge in [0.1, 0.15) is 0 Å². The van der Waals surface area contributed by atoms with Crippen molar-refractivity contribution in [2.75, 3.05) is 31.1 Å². The third-order valence-electron chi connectivity index (χ3n) is 5.73. The van der Waals surface area contributed by atoms with Crippen LogP contribution in [0.1, 0.15) is 47.7 Å². The summed E-state index contributed by atoms with van der Waals surface area (Å²) in [6.07, 6.45) is 4.51. The summed E-state index contributed by atoms with van der Waals surface area (Å²) < 4.78 is 0. The number of carbonyl (C=O) groups excluding carboxylic acids is 1. The Balaban J connectivity index is 1.45.